The molecule has 0 spiro atoms. The van der Waals surface area contributed by atoms with Crippen LogP contribution < -0.4 is 9.47 Å². The highest BCUT2D eigenvalue weighted by atomic mass is 35.5. The normalized spacial score (nSPS) is 26.2. The maximum atomic E-state index is 13.0. The molecular weight excluding hydrogens is 775 g/mol. The highest BCUT2D eigenvalue weighted by Gasteiger charge is 2.43. The number of benzene rings is 2. The number of rotatable bonds is 23. The molecule has 2 saturated carbocycles. The fraction of sp³-hybridized carbons (Fsp3) is 0.500. The number of aliphatic hydroxyl groups is 5. The molecule has 2 aromatic carbocycles. The van der Waals surface area contributed by atoms with Gasteiger partial charge >= 0.3 is 11.9 Å². The number of aliphatic carboxylic acids is 1. The third-order valence-electron chi connectivity index (χ3n) is 10.3. The third-order valence-corrected chi connectivity index (χ3v) is 10.8. The number of allylic oxidation sites excluding steroid dienone is 4. The number of carbonyl (C=O) groups excluding carboxylic acids is 1. The van der Waals surface area contributed by atoms with E-state index in [0.29, 0.717) is 60.1 Å². The van der Waals surface area contributed by atoms with E-state index >= 15 is 0 Å². The average Bonchev–Trinajstić information content (AvgIpc) is 3.61. The van der Waals surface area contributed by atoms with Gasteiger partial charge in [0.15, 0.2) is 0 Å². The summed E-state index contributed by atoms with van der Waals surface area (Å²) in [7, 11) is 0. The molecule has 0 saturated heterocycles. The van der Waals surface area contributed by atoms with Gasteiger partial charge < -0.3 is 44.8 Å². The summed E-state index contributed by atoms with van der Waals surface area (Å²) >= 11 is 12.0. The van der Waals surface area contributed by atoms with Gasteiger partial charge in [-0.3, -0.25) is 9.59 Å². The third kappa shape index (κ3) is 16.2. The zero-order valence-corrected chi connectivity index (χ0v) is 33.5. The van der Waals surface area contributed by atoms with Crippen LogP contribution in [0, 0.1) is 23.7 Å². The van der Waals surface area contributed by atoms with Crippen LogP contribution in [0.25, 0.3) is 0 Å². The Bertz CT molecular complexity index is 1660. The first kappa shape index (κ1) is 46.0. The predicted octanol–water partition coefficient (Wildman–Crippen LogP) is 6.87. The van der Waals surface area contributed by atoms with Gasteiger partial charge in [-0.25, -0.2) is 0 Å². The van der Waals surface area contributed by atoms with Crippen molar-refractivity contribution in [3.63, 3.8) is 0 Å². The molecule has 2 aliphatic rings. The SMILES string of the molecule is O=C(O)CCC/C=C\C[C@@H]1[C@@H](/C=C/[C@@H](O)COc2cccc(Cl)c2)[C@H](OC(=O)CCC/C=C\C[C@@H]2[C@@H](/C=C/[C@@H](O)COc3cccc(Cl)c3)[C@H](O)C[C@@H]2O)C[C@@H]1O. The topological polar surface area (TPSA) is 183 Å². The molecule has 0 amide bonds. The number of ether oxygens (including phenoxy) is 3. The van der Waals surface area contributed by atoms with Gasteiger partial charge in [0.2, 0.25) is 0 Å². The molecule has 13 heteroatoms. The number of carbonyl (C=O) groups is 2. The highest BCUT2D eigenvalue weighted by molar-refractivity contribution is 6.31. The smallest absolute Gasteiger partial charge is 0.306 e. The maximum absolute atomic E-state index is 13.0. The minimum atomic E-state index is -0.969. The molecule has 11 nitrogen and oxygen atoms in total. The number of hydrogen-bond donors (Lipinski definition) is 6. The Kier molecular flexibility index (Phi) is 19.6. The molecule has 2 fully saturated rings. The first-order chi connectivity index (χ1) is 27.4. The molecular formula is C44H56Cl2O11. The zero-order chi connectivity index (χ0) is 41.2. The Balaban J connectivity index is 1.25. The molecule has 0 radical (unpaired) electrons. The zero-order valence-electron chi connectivity index (χ0n) is 32.0. The Morgan fingerprint density at radius 1 is 0.702 bits per heavy atom. The van der Waals surface area contributed by atoms with Crippen LogP contribution in [0.4, 0.5) is 0 Å². The van der Waals surface area contributed by atoms with Gasteiger partial charge in [0, 0.05) is 47.6 Å². The van der Waals surface area contributed by atoms with Crippen LogP contribution >= 0.6 is 23.2 Å². The van der Waals surface area contributed by atoms with Crippen molar-refractivity contribution < 1.29 is 54.4 Å². The number of carboxylic acids is 1. The summed E-state index contributed by atoms with van der Waals surface area (Å²) in [6, 6.07) is 13.7. The van der Waals surface area contributed by atoms with Crippen LogP contribution in [0.3, 0.4) is 0 Å². The lowest BCUT2D eigenvalue weighted by atomic mass is 9.89. The first-order valence-electron chi connectivity index (χ1n) is 19.6. The van der Waals surface area contributed by atoms with E-state index in [4.69, 9.17) is 42.5 Å². The summed E-state index contributed by atoms with van der Waals surface area (Å²) < 4.78 is 17.2. The lowest BCUT2D eigenvalue weighted by Gasteiger charge is -2.22. The van der Waals surface area contributed by atoms with Crippen molar-refractivity contribution in [2.45, 2.75) is 101 Å². The monoisotopic (exact) mass is 830 g/mol. The van der Waals surface area contributed by atoms with E-state index in [1.807, 2.05) is 24.3 Å². The van der Waals surface area contributed by atoms with Crippen LogP contribution in [-0.2, 0) is 14.3 Å². The van der Waals surface area contributed by atoms with Crippen molar-refractivity contribution in [2.24, 2.45) is 23.7 Å². The molecule has 0 aromatic heterocycles. The van der Waals surface area contributed by atoms with Gasteiger partial charge in [-0.05, 0) is 86.8 Å². The van der Waals surface area contributed by atoms with E-state index in [-0.39, 0.29) is 62.6 Å². The highest BCUT2D eigenvalue weighted by Crippen LogP contribution is 2.39. The van der Waals surface area contributed by atoms with Crippen molar-refractivity contribution in [1.82, 2.24) is 0 Å². The minimum absolute atomic E-state index is 0.00746. The van der Waals surface area contributed by atoms with E-state index < -0.39 is 48.6 Å². The summed E-state index contributed by atoms with van der Waals surface area (Å²) in [6.07, 6.45) is 13.6. The molecule has 4 rings (SSSR count). The maximum Gasteiger partial charge on any atom is 0.306 e. The molecule has 57 heavy (non-hydrogen) atoms. The average molecular weight is 832 g/mol. The van der Waals surface area contributed by atoms with Crippen molar-refractivity contribution in [3.8, 4) is 11.5 Å². The van der Waals surface area contributed by atoms with Gasteiger partial charge in [0.25, 0.3) is 0 Å². The molecule has 2 aromatic rings. The number of halogens is 2. The van der Waals surface area contributed by atoms with Crippen LogP contribution in [0.1, 0.15) is 64.2 Å². The van der Waals surface area contributed by atoms with Crippen molar-refractivity contribution >= 4 is 35.1 Å². The largest absolute Gasteiger partial charge is 0.491 e. The quantitative estimate of drug-likeness (QED) is 0.0391. The number of carboxylic acid groups (broad SMARTS) is 1. The second-order valence-electron chi connectivity index (χ2n) is 14.7. The number of hydrogen-bond acceptors (Lipinski definition) is 10. The van der Waals surface area contributed by atoms with E-state index in [1.165, 1.54) is 0 Å². The van der Waals surface area contributed by atoms with Gasteiger partial charge in [0.05, 0.1) is 18.3 Å². The van der Waals surface area contributed by atoms with Gasteiger partial charge in [0.1, 0.15) is 43.0 Å². The number of aliphatic hydroxyl groups excluding tert-OH is 5. The molecule has 10 atom stereocenters. The number of esters is 1. The fourth-order valence-electron chi connectivity index (χ4n) is 7.32. The van der Waals surface area contributed by atoms with Gasteiger partial charge in [-0.1, -0.05) is 83.9 Å². The second kappa shape index (κ2) is 24.3. The molecule has 0 heterocycles. The minimum Gasteiger partial charge on any atom is -0.491 e. The summed E-state index contributed by atoms with van der Waals surface area (Å²) in [5.41, 5.74) is 0. The number of unbranched alkanes of at least 4 members (excludes halogenated alkanes) is 2. The summed E-state index contributed by atoms with van der Waals surface area (Å²) in [5.74, 6) is -1.45. The van der Waals surface area contributed by atoms with Crippen LogP contribution in [0.15, 0.2) is 97.1 Å². The molecule has 2 aliphatic carbocycles. The van der Waals surface area contributed by atoms with Gasteiger partial charge in [-0.2, -0.15) is 0 Å². The summed E-state index contributed by atoms with van der Waals surface area (Å²) in [5, 5.41) is 63.2. The Morgan fingerprint density at radius 3 is 1.75 bits per heavy atom. The lowest BCUT2D eigenvalue weighted by molar-refractivity contribution is -0.150. The van der Waals surface area contributed by atoms with Crippen LogP contribution in [0.5, 0.6) is 11.5 Å². The summed E-state index contributed by atoms with van der Waals surface area (Å²) in [6.45, 7) is -0.0203. The Hall–Kier alpha value is -3.68. The molecule has 0 bridgehead atoms. The Morgan fingerprint density at radius 2 is 1.21 bits per heavy atom. The Labute approximate surface area is 344 Å². The van der Waals surface area contributed by atoms with E-state index in [2.05, 4.69) is 0 Å². The van der Waals surface area contributed by atoms with E-state index in [1.54, 1.807) is 72.8 Å². The van der Waals surface area contributed by atoms with Crippen molar-refractivity contribution in [1.29, 1.82) is 0 Å². The summed E-state index contributed by atoms with van der Waals surface area (Å²) in [4.78, 5) is 23.8. The molecule has 312 valence electrons. The fourth-order valence-corrected chi connectivity index (χ4v) is 7.68. The van der Waals surface area contributed by atoms with Crippen LogP contribution in [0.2, 0.25) is 10.0 Å². The molecule has 0 unspecified atom stereocenters. The van der Waals surface area contributed by atoms with Gasteiger partial charge in [-0.15, -0.1) is 0 Å². The standard InChI is InChI=1S/C44H56Cl2O11/c45-29-11-9-13-33(23-29)55-27-31(47)19-21-37-35(39(49)25-40(37)50)15-5-2-4-8-18-44(54)57-42-26-41(51)36(16-6-1-3-7-17-43(52)53)38(42)22-20-32(48)28-56-34-14-10-12-30(46)24-34/h1-2,5-6,9-14,19-24,31-32,35-42,47-51H,3-4,7-8,15-18,25-28H2,(H,52,53)/b5-2-,6-1-,21-19+,22-20+/t31-,32-,35-,36-,37-,38-,39+,40-,41+,42-/m1/s1. The first-order valence-corrected chi connectivity index (χ1v) is 20.4. The lowest BCUT2D eigenvalue weighted by Crippen LogP contribution is -2.25. The van der Waals surface area contributed by atoms with Crippen molar-refractivity contribution in [2.75, 3.05) is 13.2 Å². The van der Waals surface area contributed by atoms with Crippen molar-refractivity contribution in [3.05, 3.63) is 107 Å². The molecule has 0 aliphatic heterocycles. The van der Waals surface area contributed by atoms with E-state index in [9.17, 15) is 35.1 Å². The second-order valence-corrected chi connectivity index (χ2v) is 15.6. The van der Waals surface area contributed by atoms with Crippen LogP contribution in [-0.4, -0.2) is 92.4 Å². The molecule has 6 N–H and O–H groups in total. The predicted molar refractivity (Wildman–Crippen MR) is 218 cm³/mol. The van der Waals surface area contributed by atoms with E-state index in [0.717, 1.165) is 0 Å².